The van der Waals surface area contributed by atoms with Gasteiger partial charge in [0.25, 0.3) is 0 Å². The summed E-state index contributed by atoms with van der Waals surface area (Å²) in [5.74, 6) is 0.770. The van der Waals surface area contributed by atoms with Crippen LogP contribution in [0.25, 0.3) is 0 Å². The minimum atomic E-state index is -0.336. The summed E-state index contributed by atoms with van der Waals surface area (Å²) in [6, 6.07) is 5.54. The Morgan fingerprint density at radius 1 is 1.25 bits per heavy atom. The molecule has 0 aromatic heterocycles. The van der Waals surface area contributed by atoms with Crippen LogP contribution < -0.4 is 4.74 Å². The van der Waals surface area contributed by atoms with E-state index in [0.717, 1.165) is 44.1 Å². The fourth-order valence-electron chi connectivity index (χ4n) is 3.59. The van der Waals surface area contributed by atoms with E-state index in [9.17, 15) is 15.0 Å². The first-order valence-electron chi connectivity index (χ1n) is 8.92. The van der Waals surface area contributed by atoms with E-state index >= 15 is 0 Å². The monoisotopic (exact) mass is 333 g/mol. The first kappa shape index (κ1) is 17.1. The number of methoxy groups -OCH3 is 1. The maximum atomic E-state index is 12.8. The molecule has 0 heterocycles. The number of ether oxygens (including phenoxy) is 1. The SMILES string of the molecule is COc1cc(CN(C(=O)C[C@@H]2CCCC[C@H]2O)C2CC2)ccc1O. The zero-order valence-corrected chi connectivity index (χ0v) is 14.3. The average Bonchev–Trinajstić information content (AvgIpc) is 3.41. The lowest BCUT2D eigenvalue weighted by atomic mass is 9.84. The molecule has 0 radical (unpaired) electrons. The van der Waals surface area contributed by atoms with Gasteiger partial charge in [-0.25, -0.2) is 0 Å². The molecule has 132 valence electrons. The van der Waals surface area contributed by atoms with Crippen molar-refractivity contribution in [3.05, 3.63) is 23.8 Å². The molecule has 1 aromatic carbocycles. The Morgan fingerprint density at radius 3 is 2.67 bits per heavy atom. The molecule has 2 aliphatic rings. The van der Waals surface area contributed by atoms with Gasteiger partial charge in [0.1, 0.15) is 0 Å². The molecule has 1 aromatic rings. The summed E-state index contributed by atoms with van der Waals surface area (Å²) >= 11 is 0. The largest absolute Gasteiger partial charge is 0.504 e. The van der Waals surface area contributed by atoms with Gasteiger partial charge >= 0.3 is 0 Å². The van der Waals surface area contributed by atoms with Gasteiger partial charge < -0.3 is 19.8 Å². The molecule has 0 bridgehead atoms. The molecule has 0 saturated heterocycles. The van der Waals surface area contributed by atoms with E-state index in [1.807, 2.05) is 11.0 Å². The first-order chi connectivity index (χ1) is 11.6. The second kappa shape index (κ2) is 7.43. The third-order valence-electron chi connectivity index (χ3n) is 5.21. The summed E-state index contributed by atoms with van der Waals surface area (Å²) in [6.07, 6.45) is 6.13. The molecule has 2 N–H and O–H groups in total. The van der Waals surface area contributed by atoms with Gasteiger partial charge in [-0.3, -0.25) is 4.79 Å². The van der Waals surface area contributed by atoms with E-state index in [0.29, 0.717) is 24.8 Å². The standard InChI is InChI=1S/C19H27NO4/c1-24-18-10-13(6-9-17(18)22)12-20(15-7-8-15)19(23)11-14-4-2-3-5-16(14)21/h6,9-10,14-16,21-22H,2-5,7-8,11-12H2,1H3/t14-,16+/m0/s1. The van der Waals surface area contributed by atoms with Crippen molar-refractivity contribution in [3.8, 4) is 11.5 Å². The zero-order valence-electron chi connectivity index (χ0n) is 14.3. The van der Waals surface area contributed by atoms with Crippen LogP contribution in [0.5, 0.6) is 11.5 Å². The number of aliphatic hydroxyl groups is 1. The molecule has 2 atom stereocenters. The van der Waals surface area contributed by atoms with Crippen molar-refractivity contribution in [2.45, 2.75) is 63.6 Å². The molecular formula is C19H27NO4. The lowest BCUT2D eigenvalue weighted by Gasteiger charge is -2.30. The topological polar surface area (TPSA) is 70.0 Å². The molecular weight excluding hydrogens is 306 g/mol. The Labute approximate surface area is 143 Å². The molecule has 5 nitrogen and oxygen atoms in total. The predicted molar refractivity (Wildman–Crippen MR) is 90.8 cm³/mol. The summed E-state index contributed by atoms with van der Waals surface area (Å²) in [4.78, 5) is 14.7. The Balaban J connectivity index is 1.67. The minimum absolute atomic E-state index is 0.0989. The number of hydrogen-bond acceptors (Lipinski definition) is 4. The fraction of sp³-hybridized carbons (Fsp3) is 0.632. The number of aliphatic hydroxyl groups excluding tert-OH is 1. The number of phenolic OH excluding ortho intramolecular Hbond substituents is 1. The Hall–Kier alpha value is -1.75. The molecule has 5 heteroatoms. The van der Waals surface area contributed by atoms with Crippen LogP contribution >= 0.6 is 0 Å². The van der Waals surface area contributed by atoms with Crippen molar-refractivity contribution in [2.75, 3.05) is 7.11 Å². The normalized spacial score (nSPS) is 23.8. The molecule has 1 amide bonds. The number of phenols is 1. The molecule has 0 spiro atoms. The summed E-state index contributed by atoms with van der Waals surface area (Å²) in [5, 5.41) is 19.8. The molecule has 24 heavy (non-hydrogen) atoms. The lowest BCUT2D eigenvalue weighted by Crippen LogP contribution is -2.36. The van der Waals surface area contributed by atoms with Crippen LogP contribution in [0, 0.1) is 5.92 Å². The number of nitrogens with zero attached hydrogens (tertiary/aromatic N) is 1. The fourth-order valence-corrected chi connectivity index (χ4v) is 3.59. The lowest BCUT2D eigenvalue weighted by molar-refractivity contribution is -0.135. The van der Waals surface area contributed by atoms with Crippen LogP contribution in [-0.4, -0.2) is 40.3 Å². The van der Waals surface area contributed by atoms with Gasteiger partial charge in [0.15, 0.2) is 11.5 Å². The van der Waals surface area contributed by atoms with Crippen molar-refractivity contribution >= 4 is 5.91 Å². The Bertz CT molecular complexity index is 585. The number of benzene rings is 1. The molecule has 0 aliphatic heterocycles. The number of aromatic hydroxyl groups is 1. The number of amides is 1. The third-order valence-corrected chi connectivity index (χ3v) is 5.21. The van der Waals surface area contributed by atoms with Crippen molar-refractivity contribution in [3.63, 3.8) is 0 Å². The van der Waals surface area contributed by atoms with E-state index in [2.05, 4.69) is 0 Å². The number of hydrogen-bond donors (Lipinski definition) is 2. The smallest absolute Gasteiger partial charge is 0.223 e. The second-order valence-electron chi connectivity index (χ2n) is 7.08. The predicted octanol–water partition coefficient (Wildman–Crippen LogP) is 2.83. The average molecular weight is 333 g/mol. The Kier molecular flexibility index (Phi) is 5.29. The quantitative estimate of drug-likeness (QED) is 0.840. The Morgan fingerprint density at radius 2 is 2.00 bits per heavy atom. The maximum Gasteiger partial charge on any atom is 0.223 e. The van der Waals surface area contributed by atoms with Crippen LogP contribution in [0.4, 0.5) is 0 Å². The number of rotatable bonds is 6. The van der Waals surface area contributed by atoms with Gasteiger partial charge in [-0.1, -0.05) is 18.9 Å². The first-order valence-corrected chi connectivity index (χ1v) is 8.92. The van der Waals surface area contributed by atoms with E-state index in [4.69, 9.17) is 4.74 Å². The highest BCUT2D eigenvalue weighted by molar-refractivity contribution is 5.77. The maximum absolute atomic E-state index is 12.8. The van der Waals surface area contributed by atoms with Crippen LogP contribution in [0.3, 0.4) is 0 Å². The second-order valence-corrected chi connectivity index (χ2v) is 7.08. The van der Waals surface area contributed by atoms with Gasteiger partial charge in [-0.15, -0.1) is 0 Å². The molecule has 3 rings (SSSR count). The minimum Gasteiger partial charge on any atom is -0.504 e. The summed E-state index contributed by atoms with van der Waals surface area (Å²) in [5.41, 5.74) is 0.953. The van der Waals surface area contributed by atoms with Crippen molar-refractivity contribution in [2.24, 2.45) is 5.92 Å². The van der Waals surface area contributed by atoms with Crippen LogP contribution in [0.1, 0.15) is 50.5 Å². The van der Waals surface area contributed by atoms with Gasteiger partial charge in [-0.2, -0.15) is 0 Å². The van der Waals surface area contributed by atoms with Gasteiger partial charge in [0, 0.05) is 19.0 Å². The van der Waals surface area contributed by atoms with Gasteiger partial charge in [0.2, 0.25) is 5.91 Å². The summed E-state index contributed by atoms with van der Waals surface area (Å²) < 4.78 is 5.15. The van der Waals surface area contributed by atoms with Crippen LogP contribution in [0.15, 0.2) is 18.2 Å². The molecule has 2 aliphatic carbocycles. The highest BCUT2D eigenvalue weighted by atomic mass is 16.5. The van der Waals surface area contributed by atoms with Crippen molar-refractivity contribution < 1.29 is 19.7 Å². The summed E-state index contributed by atoms with van der Waals surface area (Å²) in [7, 11) is 1.52. The van der Waals surface area contributed by atoms with E-state index in [1.165, 1.54) is 7.11 Å². The van der Waals surface area contributed by atoms with E-state index in [-0.39, 0.29) is 23.7 Å². The van der Waals surface area contributed by atoms with Gasteiger partial charge in [0.05, 0.1) is 13.2 Å². The van der Waals surface area contributed by atoms with E-state index in [1.54, 1.807) is 12.1 Å². The van der Waals surface area contributed by atoms with Crippen LogP contribution in [-0.2, 0) is 11.3 Å². The van der Waals surface area contributed by atoms with Crippen molar-refractivity contribution in [1.29, 1.82) is 0 Å². The molecule has 2 saturated carbocycles. The van der Waals surface area contributed by atoms with E-state index < -0.39 is 0 Å². The molecule has 2 fully saturated rings. The van der Waals surface area contributed by atoms with Gasteiger partial charge in [-0.05, 0) is 49.3 Å². The number of carbonyl (C=O) groups is 1. The summed E-state index contributed by atoms with van der Waals surface area (Å²) in [6.45, 7) is 0.531. The van der Waals surface area contributed by atoms with Crippen LogP contribution in [0.2, 0.25) is 0 Å². The zero-order chi connectivity index (χ0) is 17.1. The highest BCUT2D eigenvalue weighted by Crippen LogP contribution is 2.34. The number of carbonyl (C=O) groups excluding carboxylic acids is 1. The highest BCUT2D eigenvalue weighted by Gasteiger charge is 2.35. The third kappa shape index (κ3) is 4.01. The van der Waals surface area contributed by atoms with Crippen molar-refractivity contribution in [1.82, 2.24) is 4.90 Å². The molecule has 0 unspecified atom stereocenters.